The summed E-state index contributed by atoms with van der Waals surface area (Å²) in [5.74, 6) is 0.671. The van der Waals surface area contributed by atoms with Gasteiger partial charge >= 0.3 is 0 Å². The minimum atomic E-state index is -0.0195. The number of nitrogen functional groups attached to an aromatic ring is 1. The lowest BCUT2D eigenvalue weighted by atomic mass is 9.94. The van der Waals surface area contributed by atoms with Gasteiger partial charge in [-0.1, -0.05) is 18.2 Å². The van der Waals surface area contributed by atoms with Gasteiger partial charge in [0.2, 0.25) is 0 Å². The van der Waals surface area contributed by atoms with Gasteiger partial charge in [-0.2, -0.15) is 0 Å². The molecule has 0 unspecified atom stereocenters. The molecule has 0 heterocycles. The Morgan fingerprint density at radius 3 is 2.58 bits per heavy atom. The van der Waals surface area contributed by atoms with E-state index in [0.717, 1.165) is 11.1 Å². The van der Waals surface area contributed by atoms with Crippen LogP contribution in [0.15, 0.2) is 36.4 Å². The summed E-state index contributed by atoms with van der Waals surface area (Å²) in [5, 5.41) is 17.8. The highest BCUT2D eigenvalue weighted by Gasteiger charge is 2.14. The van der Waals surface area contributed by atoms with Crippen LogP contribution in [0.3, 0.4) is 0 Å². The maximum atomic E-state index is 10.1. The van der Waals surface area contributed by atoms with Gasteiger partial charge in [0.1, 0.15) is 17.3 Å². The molecule has 0 fully saturated rings. The number of phenolic OH excluding ortho intramolecular Hbond substituents is 1. The van der Waals surface area contributed by atoms with Crippen LogP contribution < -0.4 is 10.5 Å². The number of hydrogen-bond acceptors (Lipinski definition) is 3. The first kappa shape index (κ1) is 13.0. The summed E-state index contributed by atoms with van der Waals surface area (Å²) in [6.45, 7) is 1.92. The number of aryl methyl sites for hydroxylation is 1. The van der Waals surface area contributed by atoms with Crippen LogP contribution in [-0.2, 0) is 0 Å². The van der Waals surface area contributed by atoms with Crippen LogP contribution in [0.25, 0.3) is 11.1 Å². The fraction of sp³-hybridized carbons (Fsp3) is 0.133. The molecule has 0 amide bonds. The maximum Gasteiger partial charge on any atom is 0.127 e. The van der Waals surface area contributed by atoms with E-state index in [2.05, 4.69) is 0 Å². The van der Waals surface area contributed by atoms with Gasteiger partial charge in [-0.15, -0.1) is 0 Å². The van der Waals surface area contributed by atoms with Gasteiger partial charge < -0.3 is 15.6 Å². The topological polar surface area (TPSA) is 79.3 Å². The van der Waals surface area contributed by atoms with E-state index in [1.807, 2.05) is 19.1 Å². The van der Waals surface area contributed by atoms with Crippen molar-refractivity contribution < 1.29 is 9.84 Å². The monoisotopic (exact) mass is 256 g/mol. The Kier molecular flexibility index (Phi) is 3.42. The lowest BCUT2D eigenvalue weighted by Gasteiger charge is -2.14. The summed E-state index contributed by atoms with van der Waals surface area (Å²) < 4.78 is 5.07. The second-order valence-corrected chi connectivity index (χ2v) is 4.29. The predicted molar refractivity (Wildman–Crippen MR) is 75.8 cm³/mol. The highest BCUT2D eigenvalue weighted by Crippen LogP contribution is 2.36. The molecule has 0 saturated carbocycles. The minimum absolute atomic E-state index is 0.0195. The summed E-state index contributed by atoms with van der Waals surface area (Å²) in [7, 11) is 1.54. The standard InChI is InChI=1S/C15H16N2O2/c1-9-4-3-5-12(15(16)17)14(9)11-7-6-10(19-2)8-13(11)18/h3-8,18H,1-2H3,(H3,16,17). The van der Waals surface area contributed by atoms with Gasteiger partial charge in [0.25, 0.3) is 0 Å². The lowest BCUT2D eigenvalue weighted by molar-refractivity contribution is 0.408. The fourth-order valence-corrected chi connectivity index (χ4v) is 2.10. The third-order valence-electron chi connectivity index (χ3n) is 3.04. The third-order valence-corrected chi connectivity index (χ3v) is 3.04. The van der Waals surface area contributed by atoms with Crippen molar-refractivity contribution in [3.8, 4) is 22.6 Å². The van der Waals surface area contributed by atoms with Crippen LogP contribution in [0.2, 0.25) is 0 Å². The molecule has 0 atom stereocenters. The Bertz CT molecular complexity index is 636. The van der Waals surface area contributed by atoms with Gasteiger partial charge in [-0.3, -0.25) is 5.41 Å². The van der Waals surface area contributed by atoms with E-state index in [1.165, 1.54) is 0 Å². The quantitative estimate of drug-likeness (QED) is 0.583. The minimum Gasteiger partial charge on any atom is -0.507 e. The lowest BCUT2D eigenvalue weighted by Crippen LogP contribution is -2.13. The van der Waals surface area contributed by atoms with Crippen LogP contribution >= 0.6 is 0 Å². The Labute approximate surface area is 112 Å². The number of methoxy groups -OCH3 is 1. The first-order valence-electron chi connectivity index (χ1n) is 5.86. The molecule has 2 aromatic carbocycles. The van der Waals surface area contributed by atoms with E-state index in [9.17, 15) is 5.11 Å². The number of amidine groups is 1. The Hall–Kier alpha value is -2.49. The predicted octanol–water partition coefficient (Wildman–Crippen LogP) is 2.66. The molecule has 4 nitrogen and oxygen atoms in total. The molecule has 0 radical (unpaired) electrons. The van der Waals surface area contributed by atoms with Gasteiger partial charge in [0, 0.05) is 17.2 Å². The molecule has 2 aromatic rings. The van der Waals surface area contributed by atoms with E-state index < -0.39 is 0 Å². The smallest absolute Gasteiger partial charge is 0.127 e. The largest absolute Gasteiger partial charge is 0.507 e. The molecular formula is C15H16N2O2. The van der Waals surface area contributed by atoms with Crippen molar-refractivity contribution in [1.82, 2.24) is 0 Å². The van der Waals surface area contributed by atoms with E-state index in [-0.39, 0.29) is 11.6 Å². The highest BCUT2D eigenvalue weighted by atomic mass is 16.5. The summed E-state index contributed by atoms with van der Waals surface area (Å²) in [6, 6.07) is 10.6. The van der Waals surface area contributed by atoms with Crippen molar-refractivity contribution in [2.45, 2.75) is 6.92 Å². The number of aromatic hydroxyl groups is 1. The van der Waals surface area contributed by atoms with Crippen molar-refractivity contribution in [2.24, 2.45) is 5.73 Å². The molecule has 98 valence electrons. The van der Waals surface area contributed by atoms with Crippen LogP contribution in [0.4, 0.5) is 0 Å². The third kappa shape index (κ3) is 2.38. The molecule has 0 saturated heterocycles. The number of ether oxygens (including phenoxy) is 1. The molecule has 0 aromatic heterocycles. The number of hydrogen-bond donors (Lipinski definition) is 3. The molecule has 0 aliphatic rings. The summed E-state index contributed by atoms with van der Waals surface area (Å²) in [6.07, 6.45) is 0. The number of nitrogens with two attached hydrogens (primary N) is 1. The zero-order chi connectivity index (χ0) is 14.0. The second kappa shape index (κ2) is 5.02. The van der Waals surface area contributed by atoms with Gasteiger partial charge in [0.05, 0.1) is 7.11 Å². The normalized spacial score (nSPS) is 10.2. The van der Waals surface area contributed by atoms with E-state index in [4.69, 9.17) is 15.9 Å². The van der Waals surface area contributed by atoms with Crippen molar-refractivity contribution >= 4 is 5.84 Å². The summed E-state index contributed by atoms with van der Waals surface area (Å²) >= 11 is 0. The molecule has 0 aliphatic carbocycles. The van der Waals surface area contributed by atoms with Crippen molar-refractivity contribution in [3.05, 3.63) is 47.5 Å². The van der Waals surface area contributed by atoms with Gasteiger partial charge in [-0.05, 0) is 30.2 Å². The average Bonchev–Trinajstić information content (AvgIpc) is 2.38. The molecule has 2 rings (SSSR count). The molecule has 4 N–H and O–H groups in total. The van der Waals surface area contributed by atoms with Crippen LogP contribution in [0.1, 0.15) is 11.1 Å². The van der Waals surface area contributed by atoms with Gasteiger partial charge in [-0.25, -0.2) is 0 Å². The summed E-state index contributed by atoms with van der Waals surface area (Å²) in [5.41, 5.74) is 8.58. The molecule has 0 spiro atoms. The first-order chi connectivity index (χ1) is 9.04. The Morgan fingerprint density at radius 2 is 2.00 bits per heavy atom. The van der Waals surface area contributed by atoms with Crippen molar-refractivity contribution in [2.75, 3.05) is 7.11 Å². The highest BCUT2D eigenvalue weighted by molar-refractivity contribution is 6.02. The summed E-state index contributed by atoms with van der Waals surface area (Å²) in [4.78, 5) is 0. The molecule has 0 bridgehead atoms. The van der Waals surface area contributed by atoms with E-state index in [1.54, 1.807) is 31.4 Å². The van der Waals surface area contributed by atoms with E-state index in [0.29, 0.717) is 16.9 Å². The van der Waals surface area contributed by atoms with Crippen molar-refractivity contribution in [1.29, 1.82) is 5.41 Å². The molecule has 0 aliphatic heterocycles. The average molecular weight is 256 g/mol. The van der Waals surface area contributed by atoms with E-state index >= 15 is 0 Å². The van der Waals surface area contributed by atoms with Crippen LogP contribution in [-0.4, -0.2) is 18.1 Å². The first-order valence-corrected chi connectivity index (χ1v) is 5.86. The van der Waals surface area contributed by atoms with Crippen LogP contribution in [0.5, 0.6) is 11.5 Å². The van der Waals surface area contributed by atoms with Crippen molar-refractivity contribution in [3.63, 3.8) is 0 Å². The van der Waals surface area contributed by atoms with Crippen LogP contribution in [0, 0.1) is 12.3 Å². The zero-order valence-corrected chi connectivity index (χ0v) is 10.9. The number of nitrogens with one attached hydrogen (secondary N) is 1. The number of phenols is 1. The molecule has 19 heavy (non-hydrogen) atoms. The Morgan fingerprint density at radius 1 is 1.26 bits per heavy atom. The number of rotatable bonds is 3. The maximum absolute atomic E-state index is 10.1. The fourth-order valence-electron chi connectivity index (χ4n) is 2.10. The zero-order valence-electron chi connectivity index (χ0n) is 10.9. The van der Waals surface area contributed by atoms with Gasteiger partial charge in [0.15, 0.2) is 0 Å². The Balaban J connectivity index is 2.68. The SMILES string of the molecule is COc1ccc(-c2c(C)cccc2C(=N)N)c(O)c1. The molecular weight excluding hydrogens is 240 g/mol. The number of benzene rings is 2. The molecule has 4 heteroatoms. The second-order valence-electron chi connectivity index (χ2n) is 4.29.